The molecule has 1 N–H and O–H groups in total. The summed E-state index contributed by atoms with van der Waals surface area (Å²) in [6.45, 7) is 3.03. The van der Waals surface area contributed by atoms with Crippen LogP contribution in [-0.4, -0.2) is 28.0 Å². The van der Waals surface area contributed by atoms with Gasteiger partial charge in [0.15, 0.2) is 0 Å². The van der Waals surface area contributed by atoms with Gasteiger partial charge in [0.1, 0.15) is 0 Å². The molecule has 25 heavy (non-hydrogen) atoms. The van der Waals surface area contributed by atoms with Gasteiger partial charge in [0.2, 0.25) is 5.95 Å². The van der Waals surface area contributed by atoms with Crippen molar-refractivity contribution in [3.8, 4) is 11.3 Å². The second-order valence-electron chi connectivity index (χ2n) is 6.22. The Balaban J connectivity index is 1.46. The molecule has 0 radical (unpaired) electrons. The molecule has 126 valence electrons. The predicted octanol–water partition coefficient (Wildman–Crippen LogP) is 3.75. The number of hydrogen-bond acceptors (Lipinski definition) is 5. The fraction of sp³-hybridized carbons (Fsp3) is 0.250. The standard InChI is InChI=1S/C20H21N5/c1-2-12-25(11-1)18-7-3-5-16(13-18)14-23-20-22-10-8-19(24-20)17-6-4-9-21-15-17/h3-10,13,15H,1-2,11-12,14H2,(H,22,23,24). The Morgan fingerprint density at radius 3 is 2.76 bits per heavy atom. The Morgan fingerprint density at radius 1 is 1.00 bits per heavy atom. The lowest BCUT2D eigenvalue weighted by Crippen LogP contribution is -2.17. The number of anilines is 2. The molecule has 0 aliphatic carbocycles. The second kappa shape index (κ2) is 7.30. The van der Waals surface area contributed by atoms with Gasteiger partial charge in [-0.15, -0.1) is 0 Å². The van der Waals surface area contributed by atoms with Crippen molar-refractivity contribution in [2.45, 2.75) is 19.4 Å². The highest BCUT2D eigenvalue weighted by Crippen LogP contribution is 2.22. The van der Waals surface area contributed by atoms with Crippen molar-refractivity contribution < 1.29 is 0 Å². The Hall–Kier alpha value is -2.95. The smallest absolute Gasteiger partial charge is 0.223 e. The van der Waals surface area contributed by atoms with Crippen LogP contribution in [0.3, 0.4) is 0 Å². The van der Waals surface area contributed by atoms with Crippen molar-refractivity contribution in [2.75, 3.05) is 23.3 Å². The highest BCUT2D eigenvalue weighted by molar-refractivity contribution is 5.58. The molecule has 0 spiro atoms. The third kappa shape index (κ3) is 3.76. The molecule has 1 saturated heterocycles. The van der Waals surface area contributed by atoms with Crippen LogP contribution < -0.4 is 10.2 Å². The number of pyridine rings is 1. The number of benzene rings is 1. The molecule has 5 nitrogen and oxygen atoms in total. The fourth-order valence-electron chi connectivity index (χ4n) is 3.14. The summed E-state index contributed by atoms with van der Waals surface area (Å²) in [6.07, 6.45) is 7.93. The van der Waals surface area contributed by atoms with Crippen molar-refractivity contribution in [2.24, 2.45) is 0 Å². The first kappa shape index (κ1) is 15.6. The maximum Gasteiger partial charge on any atom is 0.223 e. The van der Waals surface area contributed by atoms with Crippen LogP contribution in [0, 0.1) is 0 Å². The monoisotopic (exact) mass is 331 g/mol. The lowest BCUT2D eigenvalue weighted by molar-refractivity contribution is 0.949. The van der Waals surface area contributed by atoms with Crippen LogP contribution in [-0.2, 0) is 6.54 Å². The molecular weight excluding hydrogens is 310 g/mol. The molecule has 4 rings (SSSR count). The predicted molar refractivity (Wildman–Crippen MR) is 100 cm³/mol. The topological polar surface area (TPSA) is 53.9 Å². The molecule has 0 bridgehead atoms. The minimum Gasteiger partial charge on any atom is -0.372 e. The molecule has 5 heteroatoms. The van der Waals surface area contributed by atoms with Gasteiger partial charge in [-0.3, -0.25) is 4.98 Å². The second-order valence-corrected chi connectivity index (χ2v) is 6.22. The molecule has 0 amide bonds. The fourth-order valence-corrected chi connectivity index (χ4v) is 3.14. The van der Waals surface area contributed by atoms with E-state index in [1.807, 2.05) is 24.4 Å². The number of rotatable bonds is 5. The molecule has 0 atom stereocenters. The normalized spacial score (nSPS) is 13.8. The molecule has 1 fully saturated rings. The summed E-state index contributed by atoms with van der Waals surface area (Å²) < 4.78 is 0. The van der Waals surface area contributed by atoms with E-state index in [2.05, 4.69) is 49.4 Å². The van der Waals surface area contributed by atoms with Gasteiger partial charge >= 0.3 is 0 Å². The molecule has 2 aromatic heterocycles. The minimum atomic E-state index is 0.632. The van der Waals surface area contributed by atoms with Crippen molar-refractivity contribution in [1.82, 2.24) is 15.0 Å². The quantitative estimate of drug-likeness (QED) is 0.771. The van der Waals surface area contributed by atoms with E-state index in [9.17, 15) is 0 Å². The first-order chi connectivity index (χ1) is 12.4. The Bertz CT molecular complexity index is 828. The summed E-state index contributed by atoms with van der Waals surface area (Å²) in [7, 11) is 0. The first-order valence-corrected chi connectivity index (χ1v) is 8.70. The lowest BCUT2D eigenvalue weighted by Gasteiger charge is -2.18. The third-order valence-electron chi connectivity index (χ3n) is 4.45. The van der Waals surface area contributed by atoms with Crippen molar-refractivity contribution in [3.63, 3.8) is 0 Å². The van der Waals surface area contributed by atoms with Gasteiger partial charge < -0.3 is 10.2 Å². The lowest BCUT2D eigenvalue weighted by atomic mass is 10.2. The Morgan fingerprint density at radius 2 is 1.92 bits per heavy atom. The maximum atomic E-state index is 4.59. The maximum absolute atomic E-state index is 4.59. The van der Waals surface area contributed by atoms with Gasteiger partial charge in [0.25, 0.3) is 0 Å². The summed E-state index contributed by atoms with van der Waals surface area (Å²) in [5.41, 5.74) is 4.40. The van der Waals surface area contributed by atoms with Crippen LogP contribution >= 0.6 is 0 Å². The molecule has 1 aliphatic rings. The van der Waals surface area contributed by atoms with Crippen LogP contribution in [0.15, 0.2) is 61.1 Å². The van der Waals surface area contributed by atoms with Crippen molar-refractivity contribution in [1.29, 1.82) is 0 Å². The number of nitrogens with zero attached hydrogens (tertiary/aromatic N) is 4. The number of aromatic nitrogens is 3. The first-order valence-electron chi connectivity index (χ1n) is 8.70. The van der Waals surface area contributed by atoms with E-state index in [-0.39, 0.29) is 0 Å². The van der Waals surface area contributed by atoms with E-state index in [1.165, 1.54) is 24.1 Å². The van der Waals surface area contributed by atoms with Crippen LogP contribution in [0.5, 0.6) is 0 Å². The van der Waals surface area contributed by atoms with Gasteiger partial charge in [0, 0.05) is 49.5 Å². The molecule has 0 unspecified atom stereocenters. The average Bonchev–Trinajstić information content (AvgIpc) is 3.23. The average molecular weight is 331 g/mol. The van der Waals surface area contributed by atoms with Crippen molar-refractivity contribution in [3.05, 3.63) is 66.6 Å². The molecule has 3 aromatic rings. The zero-order chi connectivity index (χ0) is 16.9. The van der Waals surface area contributed by atoms with Gasteiger partial charge in [-0.05, 0) is 48.7 Å². The minimum absolute atomic E-state index is 0.632. The zero-order valence-electron chi connectivity index (χ0n) is 14.1. The van der Waals surface area contributed by atoms with E-state index < -0.39 is 0 Å². The summed E-state index contributed by atoms with van der Waals surface area (Å²) in [6, 6.07) is 14.5. The number of hydrogen-bond donors (Lipinski definition) is 1. The molecule has 3 heterocycles. The van der Waals surface area contributed by atoms with Crippen molar-refractivity contribution >= 4 is 11.6 Å². The van der Waals surface area contributed by atoms with Crippen LogP contribution in [0.1, 0.15) is 18.4 Å². The highest BCUT2D eigenvalue weighted by atomic mass is 15.1. The van der Waals surface area contributed by atoms with E-state index in [0.717, 1.165) is 24.3 Å². The van der Waals surface area contributed by atoms with Crippen LogP contribution in [0.2, 0.25) is 0 Å². The van der Waals surface area contributed by atoms with Gasteiger partial charge in [-0.1, -0.05) is 12.1 Å². The Labute approximate surface area is 147 Å². The van der Waals surface area contributed by atoms with E-state index in [0.29, 0.717) is 12.5 Å². The molecule has 1 aliphatic heterocycles. The SMILES string of the molecule is c1cncc(-c2ccnc(NCc3cccc(N4CCCC4)c3)n2)c1. The van der Waals surface area contributed by atoms with E-state index in [1.54, 1.807) is 12.4 Å². The highest BCUT2D eigenvalue weighted by Gasteiger charge is 2.12. The molecule has 0 saturated carbocycles. The van der Waals surface area contributed by atoms with Gasteiger partial charge in [-0.25, -0.2) is 9.97 Å². The molecular formula is C20H21N5. The zero-order valence-corrected chi connectivity index (χ0v) is 14.1. The summed E-state index contributed by atoms with van der Waals surface area (Å²) >= 11 is 0. The van der Waals surface area contributed by atoms with E-state index >= 15 is 0 Å². The Kier molecular flexibility index (Phi) is 4.55. The van der Waals surface area contributed by atoms with E-state index in [4.69, 9.17) is 0 Å². The number of nitrogens with one attached hydrogen (secondary N) is 1. The largest absolute Gasteiger partial charge is 0.372 e. The summed E-state index contributed by atoms with van der Waals surface area (Å²) in [4.78, 5) is 15.5. The third-order valence-corrected chi connectivity index (χ3v) is 4.45. The molecule has 1 aromatic carbocycles. The van der Waals surface area contributed by atoms with Crippen LogP contribution in [0.4, 0.5) is 11.6 Å². The van der Waals surface area contributed by atoms with Crippen LogP contribution in [0.25, 0.3) is 11.3 Å². The van der Waals surface area contributed by atoms with Gasteiger partial charge in [0.05, 0.1) is 5.69 Å². The van der Waals surface area contributed by atoms with Gasteiger partial charge in [-0.2, -0.15) is 0 Å². The summed E-state index contributed by atoms with van der Waals surface area (Å²) in [5.74, 6) is 0.632. The summed E-state index contributed by atoms with van der Waals surface area (Å²) in [5, 5.41) is 3.33.